The predicted molar refractivity (Wildman–Crippen MR) is 45.3 cm³/mol. The highest BCUT2D eigenvalue weighted by atomic mass is 19.4. The van der Waals surface area contributed by atoms with E-state index in [0.29, 0.717) is 0 Å². The zero-order valence-electron chi connectivity index (χ0n) is 9.01. The molecule has 1 unspecified atom stereocenters. The van der Waals surface area contributed by atoms with Crippen molar-refractivity contribution in [2.45, 2.75) is 24.8 Å². The number of carbonyl (C=O) groups is 1. The van der Waals surface area contributed by atoms with E-state index in [2.05, 4.69) is 5.10 Å². The quantitative estimate of drug-likeness (QED) is 0.870. The van der Waals surface area contributed by atoms with E-state index in [1.165, 1.54) is 0 Å². The molecule has 1 aromatic rings. The topological polar surface area (TPSA) is 55.1 Å². The second-order valence-corrected chi connectivity index (χ2v) is 3.47. The average Bonchev–Trinajstić information content (AvgIpc) is 2.71. The lowest BCUT2D eigenvalue weighted by molar-refractivity contribution is -0.195. The number of carboxylic acids is 1. The van der Waals surface area contributed by atoms with Gasteiger partial charge in [-0.25, -0.2) is 22.6 Å². The lowest BCUT2D eigenvalue weighted by atomic mass is 10.2. The minimum Gasteiger partial charge on any atom is -0.477 e. The molecule has 0 spiro atoms. The van der Waals surface area contributed by atoms with Crippen LogP contribution in [-0.4, -0.2) is 33.2 Å². The number of aromatic carboxylic acids is 1. The molecule has 0 saturated carbocycles. The minimum atomic E-state index is -5.40. The van der Waals surface area contributed by atoms with Crippen LogP contribution in [0.25, 0.3) is 0 Å². The number of alkyl halides is 8. The van der Waals surface area contributed by atoms with Crippen LogP contribution in [0.15, 0.2) is 6.20 Å². The van der Waals surface area contributed by atoms with Crippen molar-refractivity contribution in [1.82, 2.24) is 9.78 Å². The van der Waals surface area contributed by atoms with Crippen molar-refractivity contribution in [2.75, 3.05) is 0 Å². The van der Waals surface area contributed by atoms with E-state index in [0.717, 1.165) is 0 Å². The first-order valence-electron chi connectivity index (χ1n) is 4.58. The van der Waals surface area contributed by atoms with Crippen LogP contribution in [0, 0.1) is 0 Å². The Hall–Kier alpha value is -1.88. The second-order valence-electron chi connectivity index (χ2n) is 3.47. The Bertz CT molecular complexity index is 509. The molecule has 1 atom stereocenters. The van der Waals surface area contributed by atoms with Gasteiger partial charge in [0.1, 0.15) is 5.56 Å². The summed E-state index contributed by atoms with van der Waals surface area (Å²) in [5.41, 5.74) is -4.02. The zero-order chi connectivity index (χ0) is 15.9. The van der Waals surface area contributed by atoms with Crippen molar-refractivity contribution in [3.63, 3.8) is 0 Å². The third-order valence-electron chi connectivity index (χ3n) is 2.13. The molecule has 1 aromatic heterocycles. The highest BCUT2D eigenvalue weighted by molar-refractivity contribution is 5.87. The van der Waals surface area contributed by atoms with Gasteiger partial charge in [0.25, 0.3) is 6.30 Å². The van der Waals surface area contributed by atoms with Gasteiger partial charge in [-0.2, -0.15) is 27.1 Å². The summed E-state index contributed by atoms with van der Waals surface area (Å²) in [7, 11) is 0. The maximum Gasteiger partial charge on any atom is 0.420 e. The molecule has 0 aliphatic carbocycles. The number of halogens is 8. The first-order valence-corrected chi connectivity index (χ1v) is 4.58. The number of nitrogens with zero attached hydrogens (tertiary/aromatic N) is 2. The van der Waals surface area contributed by atoms with Gasteiger partial charge in [-0.05, 0) is 0 Å². The normalized spacial score (nSPS) is 14.7. The minimum absolute atomic E-state index is 0.239. The van der Waals surface area contributed by atoms with Gasteiger partial charge in [-0.3, -0.25) is 0 Å². The van der Waals surface area contributed by atoms with Crippen LogP contribution >= 0.6 is 0 Å². The summed E-state index contributed by atoms with van der Waals surface area (Å²) in [5.74, 6) is -7.85. The van der Waals surface area contributed by atoms with E-state index in [1.54, 1.807) is 0 Å². The summed E-state index contributed by atoms with van der Waals surface area (Å²) < 4.78 is 98.7. The molecule has 0 amide bonds. The van der Waals surface area contributed by atoms with Crippen LogP contribution in [0.4, 0.5) is 35.1 Å². The molecule has 0 aliphatic heterocycles. The van der Waals surface area contributed by atoms with Gasteiger partial charge in [0.15, 0.2) is 5.69 Å². The highest BCUT2D eigenvalue weighted by Crippen LogP contribution is 2.39. The summed E-state index contributed by atoms with van der Waals surface area (Å²) in [6, 6.07) is 0. The van der Waals surface area contributed by atoms with Gasteiger partial charge in [0.2, 0.25) is 0 Å². The molecule has 0 aliphatic rings. The summed E-state index contributed by atoms with van der Waals surface area (Å²) in [6.45, 7) is 0. The number of hydrogen-bond acceptors (Lipinski definition) is 2. The number of hydrogen-bond donors (Lipinski definition) is 1. The molecule has 4 nitrogen and oxygen atoms in total. The van der Waals surface area contributed by atoms with Crippen LogP contribution in [0.2, 0.25) is 0 Å². The Kier molecular flexibility index (Phi) is 3.97. The Morgan fingerprint density at radius 3 is 2.05 bits per heavy atom. The van der Waals surface area contributed by atoms with E-state index in [1.807, 2.05) is 0 Å². The molecule has 0 aromatic carbocycles. The highest BCUT2D eigenvalue weighted by Gasteiger charge is 2.53. The molecule has 0 radical (unpaired) electrons. The van der Waals surface area contributed by atoms with Crippen LogP contribution in [0.5, 0.6) is 0 Å². The maximum atomic E-state index is 13.2. The third kappa shape index (κ3) is 2.67. The van der Waals surface area contributed by atoms with Crippen molar-refractivity contribution in [1.29, 1.82) is 0 Å². The Balaban J connectivity index is 3.41. The van der Waals surface area contributed by atoms with Crippen LogP contribution < -0.4 is 0 Å². The van der Waals surface area contributed by atoms with Gasteiger partial charge >= 0.3 is 24.5 Å². The van der Waals surface area contributed by atoms with E-state index < -0.39 is 46.7 Å². The fourth-order valence-electron chi connectivity index (χ4n) is 1.22. The standard InChI is InChI=1S/C8H4F8N2O2/c9-5(10)7(12,13)6(11)18-3(4(19)20)2(1-17-18)8(14,15)16/h1,5-6H,(H,19,20). The largest absolute Gasteiger partial charge is 0.477 e. The van der Waals surface area contributed by atoms with Crippen molar-refractivity contribution in [3.05, 3.63) is 17.5 Å². The zero-order valence-corrected chi connectivity index (χ0v) is 9.01. The van der Waals surface area contributed by atoms with E-state index in [-0.39, 0.29) is 6.20 Å². The Labute approximate surface area is 104 Å². The summed E-state index contributed by atoms with van der Waals surface area (Å²) >= 11 is 0. The fraction of sp³-hybridized carbons (Fsp3) is 0.500. The molecule has 12 heteroatoms. The monoisotopic (exact) mass is 312 g/mol. The molecule has 1 heterocycles. The maximum absolute atomic E-state index is 13.2. The molecular formula is C8H4F8N2O2. The number of rotatable bonds is 4. The molecular weight excluding hydrogens is 308 g/mol. The van der Waals surface area contributed by atoms with Crippen molar-refractivity contribution >= 4 is 5.97 Å². The first kappa shape index (κ1) is 16.2. The Morgan fingerprint density at radius 1 is 1.20 bits per heavy atom. The van der Waals surface area contributed by atoms with E-state index >= 15 is 0 Å². The predicted octanol–water partition coefficient (Wildman–Crippen LogP) is 2.97. The molecule has 0 saturated heterocycles. The van der Waals surface area contributed by atoms with Gasteiger partial charge in [0.05, 0.1) is 6.20 Å². The molecule has 114 valence electrons. The number of carboxylic acid groups (broad SMARTS) is 1. The van der Waals surface area contributed by atoms with Crippen molar-refractivity contribution < 1.29 is 45.0 Å². The van der Waals surface area contributed by atoms with Crippen LogP contribution in [0.1, 0.15) is 22.3 Å². The van der Waals surface area contributed by atoms with Crippen molar-refractivity contribution in [2.24, 2.45) is 0 Å². The lowest BCUT2D eigenvalue weighted by Gasteiger charge is -2.20. The SMILES string of the molecule is O=C(O)c1c(C(F)(F)F)cnn1C(F)C(F)(F)C(F)F. The molecule has 20 heavy (non-hydrogen) atoms. The van der Waals surface area contributed by atoms with Crippen LogP contribution in [-0.2, 0) is 6.18 Å². The second kappa shape index (κ2) is 4.90. The molecule has 0 fully saturated rings. The first-order chi connectivity index (χ1) is 8.90. The smallest absolute Gasteiger partial charge is 0.420 e. The lowest BCUT2D eigenvalue weighted by Crippen LogP contribution is -2.37. The molecule has 0 bridgehead atoms. The third-order valence-corrected chi connectivity index (χ3v) is 2.13. The summed E-state index contributed by atoms with van der Waals surface area (Å²) in [5, 5.41) is 11.0. The summed E-state index contributed by atoms with van der Waals surface area (Å²) in [6.07, 6.45) is -14.2. The van der Waals surface area contributed by atoms with Crippen molar-refractivity contribution in [3.8, 4) is 0 Å². The van der Waals surface area contributed by atoms with Gasteiger partial charge < -0.3 is 5.11 Å². The van der Waals surface area contributed by atoms with Gasteiger partial charge in [-0.15, -0.1) is 0 Å². The van der Waals surface area contributed by atoms with Crippen LogP contribution in [0.3, 0.4) is 0 Å². The number of aromatic nitrogens is 2. The summed E-state index contributed by atoms with van der Waals surface area (Å²) in [4.78, 5) is 10.6. The van der Waals surface area contributed by atoms with E-state index in [4.69, 9.17) is 5.11 Å². The van der Waals surface area contributed by atoms with E-state index in [9.17, 15) is 39.9 Å². The average molecular weight is 312 g/mol. The fourth-order valence-corrected chi connectivity index (χ4v) is 1.22. The molecule has 1 rings (SSSR count). The Morgan fingerprint density at radius 2 is 1.70 bits per heavy atom. The molecule has 1 N–H and O–H groups in total. The van der Waals surface area contributed by atoms with Gasteiger partial charge in [-0.1, -0.05) is 0 Å². The van der Waals surface area contributed by atoms with Gasteiger partial charge in [0, 0.05) is 0 Å².